The van der Waals surface area contributed by atoms with Crippen LogP contribution in [0.15, 0.2) is 48.8 Å². The fourth-order valence-corrected chi connectivity index (χ4v) is 3.72. The molecule has 1 heterocycles. The number of hydrogen-bond acceptors (Lipinski definition) is 8. The molecular formula is C16H15BrN4O4S2. The summed E-state index contributed by atoms with van der Waals surface area (Å²) in [6.07, 6.45) is 2.57. The number of carbonyl (C=O) groups is 3. The molecule has 0 aliphatic carbocycles. The molecule has 2 rings (SSSR count). The van der Waals surface area contributed by atoms with Crippen LogP contribution in [-0.4, -0.2) is 54.6 Å². The molecule has 1 aromatic rings. The first-order chi connectivity index (χ1) is 12.8. The van der Waals surface area contributed by atoms with Crippen LogP contribution in [0.5, 0.6) is 0 Å². The zero-order chi connectivity index (χ0) is 20.0. The van der Waals surface area contributed by atoms with Crippen molar-refractivity contribution in [1.82, 2.24) is 10.2 Å². The third-order valence-electron chi connectivity index (χ3n) is 2.98. The summed E-state index contributed by atoms with van der Waals surface area (Å²) < 4.78 is 5.32. The highest BCUT2D eigenvalue weighted by molar-refractivity contribution is 9.10. The first-order valence-corrected chi connectivity index (χ1v) is 9.81. The summed E-state index contributed by atoms with van der Waals surface area (Å²) in [7, 11) is 4.57. The van der Waals surface area contributed by atoms with Crippen molar-refractivity contribution in [2.75, 3.05) is 21.2 Å². The second-order valence-electron chi connectivity index (χ2n) is 5.18. The third kappa shape index (κ3) is 6.22. The monoisotopic (exact) mass is 470 g/mol. The lowest BCUT2D eigenvalue weighted by atomic mass is 10.2. The number of halogens is 1. The van der Waals surface area contributed by atoms with E-state index in [2.05, 4.69) is 36.2 Å². The Morgan fingerprint density at radius 2 is 2.11 bits per heavy atom. The molecule has 0 radical (unpaired) electrons. The summed E-state index contributed by atoms with van der Waals surface area (Å²) in [5.74, 6) is -1.07. The fraction of sp³-hybridized carbons (Fsp3) is 0.188. The normalized spacial score (nSPS) is 16.8. The van der Waals surface area contributed by atoms with Crippen molar-refractivity contribution in [3.63, 3.8) is 0 Å². The molecule has 0 unspecified atom stereocenters. The van der Waals surface area contributed by atoms with E-state index in [4.69, 9.17) is 0 Å². The standard InChI is InChI=1S/C16H15BrN4O4S2/c1-21(2)16(24)27-11-6-10(17)5-4-9(11)8-18-20-15-19-14(23)12(26-15)7-13(22)25-3/h4-8H,1-3H3,(H,19,20,23)/b12-7+,18-8?. The van der Waals surface area contributed by atoms with Crippen molar-refractivity contribution in [2.45, 2.75) is 4.90 Å². The number of hydrogen-bond donors (Lipinski definition) is 1. The van der Waals surface area contributed by atoms with Gasteiger partial charge >= 0.3 is 5.97 Å². The van der Waals surface area contributed by atoms with Crippen LogP contribution < -0.4 is 5.32 Å². The number of esters is 1. The van der Waals surface area contributed by atoms with Gasteiger partial charge in [-0.3, -0.25) is 14.9 Å². The maximum Gasteiger partial charge on any atom is 0.331 e. The van der Waals surface area contributed by atoms with Crippen molar-refractivity contribution >= 4 is 68.0 Å². The summed E-state index contributed by atoms with van der Waals surface area (Å²) in [4.78, 5) is 37.3. The van der Waals surface area contributed by atoms with E-state index in [9.17, 15) is 14.4 Å². The molecule has 1 aliphatic rings. The molecule has 8 nitrogen and oxygen atoms in total. The second-order valence-corrected chi connectivity index (χ2v) is 8.12. The minimum absolute atomic E-state index is 0.120. The van der Waals surface area contributed by atoms with Crippen molar-refractivity contribution in [1.29, 1.82) is 0 Å². The Morgan fingerprint density at radius 1 is 1.37 bits per heavy atom. The van der Waals surface area contributed by atoms with E-state index in [1.807, 2.05) is 12.1 Å². The van der Waals surface area contributed by atoms with E-state index in [1.165, 1.54) is 18.2 Å². The Bertz CT molecular complexity index is 868. The smallest absolute Gasteiger partial charge is 0.331 e. The molecule has 11 heteroatoms. The average molecular weight is 471 g/mol. The Hall–Kier alpha value is -2.11. The van der Waals surface area contributed by atoms with Gasteiger partial charge in [0.25, 0.3) is 11.1 Å². The van der Waals surface area contributed by atoms with Gasteiger partial charge < -0.3 is 9.64 Å². The van der Waals surface area contributed by atoms with Gasteiger partial charge in [0.2, 0.25) is 0 Å². The Balaban J connectivity index is 2.16. The zero-order valence-electron chi connectivity index (χ0n) is 14.6. The highest BCUT2D eigenvalue weighted by Crippen LogP contribution is 2.27. The number of amidine groups is 1. The van der Waals surface area contributed by atoms with Crippen molar-refractivity contribution in [3.8, 4) is 0 Å². The maximum absolute atomic E-state index is 12.0. The number of amides is 2. The molecule has 1 saturated heterocycles. The number of rotatable bonds is 4. The van der Waals surface area contributed by atoms with E-state index >= 15 is 0 Å². The van der Waals surface area contributed by atoms with Gasteiger partial charge in [-0.25, -0.2) is 4.79 Å². The van der Waals surface area contributed by atoms with Gasteiger partial charge in [-0.1, -0.05) is 22.0 Å². The third-order valence-corrected chi connectivity index (χ3v) is 5.49. The number of ether oxygens (including phenoxy) is 1. The largest absolute Gasteiger partial charge is 0.466 e. The lowest BCUT2D eigenvalue weighted by molar-refractivity contribution is -0.135. The number of nitrogens with zero attached hydrogens (tertiary/aromatic N) is 3. The molecule has 142 valence electrons. The predicted octanol–water partition coefficient (Wildman–Crippen LogP) is 2.83. The highest BCUT2D eigenvalue weighted by Gasteiger charge is 2.25. The molecule has 2 amide bonds. The Kier molecular flexibility index (Phi) is 7.63. The zero-order valence-corrected chi connectivity index (χ0v) is 17.8. The fourth-order valence-electron chi connectivity index (χ4n) is 1.67. The number of thioether (sulfide) groups is 2. The Labute approximate surface area is 172 Å². The van der Waals surface area contributed by atoms with Gasteiger partial charge in [-0.2, -0.15) is 5.10 Å². The van der Waals surface area contributed by atoms with Gasteiger partial charge in [0.05, 0.1) is 18.2 Å². The van der Waals surface area contributed by atoms with Crippen LogP contribution >= 0.6 is 39.5 Å². The quantitative estimate of drug-likeness (QED) is 0.238. The van der Waals surface area contributed by atoms with Gasteiger partial charge in [-0.15, -0.1) is 5.10 Å². The SMILES string of the molecule is COC(=O)/C=C1/S/C(=N\N=Cc2ccc(Br)cc2SC(=O)N(C)C)NC1=O. The lowest BCUT2D eigenvalue weighted by Gasteiger charge is -2.10. The van der Waals surface area contributed by atoms with Crippen LogP contribution in [0.25, 0.3) is 0 Å². The molecule has 1 aromatic carbocycles. The van der Waals surface area contributed by atoms with Crippen LogP contribution in [0.2, 0.25) is 0 Å². The molecule has 0 spiro atoms. The molecule has 0 aromatic heterocycles. The number of carbonyl (C=O) groups excluding carboxylic acids is 3. The summed E-state index contributed by atoms with van der Waals surface area (Å²) in [5, 5.41) is 10.5. The lowest BCUT2D eigenvalue weighted by Crippen LogP contribution is -2.19. The van der Waals surface area contributed by atoms with E-state index in [1.54, 1.807) is 20.2 Å². The van der Waals surface area contributed by atoms with E-state index < -0.39 is 11.9 Å². The molecule has 0 atom stereocenters. The highest BCUT2D eigenvalue weighted by atomic mass is 79.9. The number of nitrogens with one attached hydrogen (secondary N) is 1. The van der Waals surface area contributed by atoms with Gasteiger partial charge in [-0.05, 0) is 35.7 Å². The molecule has 0 saturated carbocycles. The van der Waals surface area contributed by atoms with Gasteiger partial charge in [0.15, 0.2) is 5.17 Å². The number of benzene rings is 1. The summed E-state index contributed by atoms with van der Waals surface area (Å²) >= 11 is 5.43. The van der Waals surface area contributed by atoms with Gasteiger partial charge in [0, 0.05) is 35.1 Å². The summed E-state index contributed by atoms with van der Waals surface area (Å²) in [6.45, 7) is 0. The molecular weight excluding hydrogens is 456 g/mol. The van der Waals surface area contributed by atoms with Crippen LogP contribution in [0.4, 0.5) is 4.79 Å². The Morgan fingerprint density at radius 3 is 2.78 bits per heavy atom. The number of methoxy groups -OCH3 is 1. The van der Waals surface area contributed by atoms with E-state index in [0.717, 1.165) is 34.1 Å². The summed E-state index contributed by atoms with van der Waals surface area (Å²) in [5.41, 5.74) is 0.697. The molecule has 1 fully saturated rings. The van der Waals surface area contributed by atoms with Crippen molar-refractivity contribution < 1.29 is 19.1 Å². The average Bonchev–Trinajstić information content (AvgIpc) is 2.96. The molecule has 1 N–H and O–H groups in total. The van der Waals surface area contributed by atoms with E-state index in [-0.39, 0.29) is 15.3 Å². The van der Waals surface area contributed by atoms with E-state index in [0.29, 0.717) is 10.5 Å². The molecule has 1 aliphatic heterocycles. The first-order valence-electron chi connectivity index (χ1n) is 7.38. The molecule has 27 heavy (non-hydrogen) atoms. The minimum atomic E-state index is -0.625. The van der Waals surface area contributed by atoms with Crippen LogP contribution in [0.3, 0.4) is 0 Å². The molecule has 0 bridgehead atoms. The minimum Gasteiger partial charge on any atom is -0.466 e. The summed E-state index contributed by atoms with van der Waals surface area (Å²) in [6, 6.07) is 5.42. The van der Waals surface area contributed by atoms with Crippen molar-refractivity contribution in [2.24, 2.45) is 10.2 Å². The first kappa shape index (κ1) is 21.2. The topological polar surface area (TPSA) is 100 Å². The maximum atomic E-state index is 12.0. The van der Waals surface area contributed by atoms with Crippen molar-refractivity contribution in [3.05, 3.63) is 39.2 Å². The van der Waals surface area contributed by atoms with Gasteiger partial charge in [0.1, 0.15) is 0 Å². The van der Waals surface area contributed by atoms with Crippen LogP contribution in [0, 0.1) is 0 Å². The second kappa shape index (κ2) is 9.72. The van der Waals surface area contributed by atoms with Crippen LogP contribution in [-0.2, 0) is 14.3 Å². The van der Waals surface area contributed by atoms with Crippen LogP contribution in [0.1, 0.15) is 5.56 Å². The predicted molar refractivity (Wildman–Crippen MR) is 110 cm³/mol.